The topological polar surface area (TPSA) is 95.9 Å². The van der Waals surface area contributed by atoms with E-state index in [2.05, 4.69) is 14.9 Å². The molecule has 0 bridgehead atoms. The van der Waals surface area contributed by atoms with Crippen molar-refractivity contribution in [1.82, 2.24) is 19.8 Å². The van der Waals surface area contributed by atoms with Crippen molar-refractivity contribution < 1.29 is 19.4 Å². The first-order valence-electron chi connectivity index (χ1n) is 7.95. The number of likely N-dealkylation sites (tertiary alicyclic amines) is 1. The number of aromatic nitrogens is 2. The summed E-state index contributed by atoms with van der Waals surface area (Å²) in [5.41, 5.74) is 0.927. The first-order chi connectivity index (χ1) is 11.5. The summed E-state index contributed by atoms with van der Waals surface area (Å²) in [7, 11) is 1.86. The number of piperidine rings is 1. The van der Waals surface area contributed by atoms with Crippen molar-refractivity contribution in [2.75, 3.05) is 33.3 Å². The summed E-state index contributed by atoms with van der Waals surface area (Å²) in [4.78, 5) is 32.7. The van der Waals surface area contributed by atoms with E-state index >= 15 is 0 Å². The summed E-state index contributed by atoms with van der Waals surface area (Å²) in [6.45, 7) is 5.41. The highest BCUT2D eigenvalue weighted by atomic mass is 16.5. The molecule has 24 heavy (non-hydrogen) atoms. The van der Waals surface area contributed by atoms with Gasteiger partial charge in [0.05, 0.1) is 11.3 Å². The average molecular weight is 336 g/mol. The Labute approximate surface area is 141 Å². The number of hydrogen-bond donors (Lipinski definition) is 1. The van der Waals surface area contributed by atoms with Gasteiger partial charge in [0.2, 0.25) is 5.91 Å². The third kappa shape index (κ3) is 4.72. The first-order valence-corrected chi connectivity index (χ1v) is 7.95. The molecule has 2 saturated heterocycles. The molecule has 0 saturated carbocycles. The van der Waals surface area contributed by atoms with E-state index in [4.69, 9.17) is 14.6 Å². The molecule has 0 unspecified atom stereocenters. The zero-order valence-electron chi connectivity index (χ0n) is 14.1. The van der Waals surface area contributed by atoms with Crippen LogP contribution in [0.5, 0.6) is 0 Å². The third-order valence-corrected chi connectivity index (χ3v) is 4.44. The van der Waals surface area contributed by atoms with Crippen molar-refractivity contribution in [3.05, 3.63) is 23.8 Å². The van der Waals surface area contributed by atoms with Crippen LogP contribution in [0.15, 0.2) is 12.3 Å². The smallest absolute Gasteiger partial charge is 0.290 e. The maximum Gasteiger partial charge on any atom is 0.290 e. The third-order valence-electron chi connectivity index (χ3n) is 4.44. The Kier molecular flexibility index (Phi) is 6.22. The molecule has 1 amide bonds. The van der Waals surface area contributed by atoms with Gasteiger partial charge in [-0.05, 0) is 25.8 Å². The number of aryl methyl sites for hydroxylation is 1. The zero-order chi connectivity index (χ0) is 17.6. The molecule has 132 valence electrons. The number of carbonyl (C=O) groups is 2. The van der Waals surface area contributed by atoms with E-state index in [0.717, 1.165) is 44.0 Å². The van der Waals surface area contributed by atoms with Crippen LogP contribution in [0.3, 0.4) is 0 Å². The molecule has 0 aliphatic carbocycles. The van der Waals surface area contributed by atoms with E-state index in [0.29, 0.717) is 6.54 Å². The Hall–Kier alpha value is -2.06. The number of amides is 1. The summed E-state index contributed by atoms with van der Waals surface area (Å²) in [5, 5.41) is 6.89. The highest BCUT2D eigenvalue weighted by Gasteiger charge is 2.41. The Morgan fingerprint density at radius 1 is 1.42 bits per heavy atom. The molecule has 1 spiro atoms. The Bertz CT molecular complexity index is 573. The van der Waals surface area contributed by atoms with Gasteiger partial charge in [0.15, 0.2) is 0 Å². The minimum Gasteiger partial charge on any atom is -0.483 e. The van der Waals surface area contributed by atoms with Gasteiger partial charge in [-0.3, -0.25) is 14.5 Å². The van der Waals surface area contributed by atoms with Gasteiger partial charge >= 0.3 is 0 Å². The van der Waals surface area contributed by atoms with Gasteiger partial charge in [0.25, 0.3) is 6.47 Å². The van der Waals surface area contributed by atoms with Crippen molar-refractivity contribution >= 4 is 12.4 Å². The fourth-order valence-electron chi connectivity index (χ4n) is 3.13. The van der Waals surface area contributed by atoms with Crippen LogP contribution in [-0.2, 0) is 20.9 Å². The minimum absolute atomic E-state index is 0.0829. The molecule has 2 fully saturated rings. The van der Waals surface area contributed by atoms with Gasteiger partial charge in [-0.2, -0.15) is 0 Å². The largest absolute Gasteiger partial charge is 0.483 e. The predicted octanol–water partition coefficient (Wildman–Crippen LogP) is 0.309. The maximum atomic E-state index is 11.5. The SMILES string of the molecule is Cc1nccc(CN2CCC3(CC2)CN(C)C(=O)CO3)n1.O=CO. The summed E-state index contributed by atoms with van der Waals surface area (Å²) in [5.74, 6) is 0.899. The summed E-state index contributed by atoms with van der Waals surface area (Å²) in [6, 6.07) is 1.97. The number of morpholine rings is 1. The second-order valence-electron chi connectivity index (χ2n) is 6.20. The van der Waals surface area contributed by atoms with Crippen molar-refractivity contribution in [2.45, 2.75) is 31.9 Å². The van der Waals surface area contributed by atoms with E-state index < -0.39 is 0 Å². The molecule has 8 heteroatoms. The quantitative estimate of drug-likeness (QED) is 0.776. The van der Waals surface area contributed by atoms with Gasteiger partial charge in [-0.15, -0.1) is 0 Å². The van der Waals surface area contributed by atoms with Crippen LogP contribution in [-0.4, -0.2) is 76.1 Å². The van der Waals surface area contributed by atoms with Crippen LogP contribution in [0.1, 0.15) is 24.4 Å². The van der Waals surface area contributed by atoms with Crippen LogP contribution >= 0.6 is 0 Å². The van der Waals surface area contributed by atoms with Crippen LogP contribution < -0.4 is 0 Å². The number of likely N-dealkylation sites (N-methyl/N-ethyl adjacent to an activating group) is 1. The number of carboxylic acid groups (broad SMARTS) is 1. The summed E-state index contributed by atoms with van der Waals surface area (Å²) >= 11 is 0. The molecule has 2 aliphatic heterocycles. The number of ether oxygens (including phenoxy) is 1. The minimum atomic E-state index is -0.250. The van der Waals surface area contributed by atoms with Crippen molar-refractivity contribution in [3.63, 3.8) is 0 Å². The molecule has 8 nitrogen and oxygen atoms in total. The standard InChI is InChI=1S/C15H22N4O2.CH2O2/c1-12-16-6-3-13(17-12)9-19-7-4-15(5-8-19)11-18(2)14(20)10-21-15;2-1-3/h3,6H,4-5,7-11H2,1-2H3;1H,(H,2,3). The number of nitrogens with zero attached hydrogens (tertiary/aromatic N) is 4. The molecule has 0 aromatic carbocycles. The highest BCUT2D eigenvalue weighted by molar-refractivity contribution is 5.78. The van der Waals surface area contributed by atoms with Gasteiger partial charge < -0.3 is 14.7 Å². The molecular weight excluding hydrogens is 312 g/mol. The Morgan fingerprint density at radius 3 is 2.67 bits per heavy atom. The van der Waals surface area contributed by atoms with Crippen molar-refractivity contribution in [2.24, 2.45) is 0 Å². The number of carbonyl (C=O) groups excluding carboxylic acids is 1. The number of hydrogen-bond acceptors (Lipinski definition) is 6. The molecule has 1 N–H and O–H groups in total. The lowest BCUT2D eigenvalue weighted by molar-refractivity contribution is -0.169. The molecule has 1 aromatic heterocycles. The van der Waals surface area contributed by atoms with E-state index in [9.17, 15) is 4.79 Å². The second kappa shape index (κ2) is 8.16. The van der Waals surface area contributed by atoms with Gasteiger partial charge in [0.1, 0.15) is 12.4 Å². The van der Waals surface area contributed by atoms with Crippen molar-refractivity contribution in [1.29, 1.82) is 0 Å². The lowest BCUT2D eigenvalue weighted by Crippen LogP contribution is -2.57. The van der Waals surface area contributed by atoms with Crippen LogP contribution in [0, 0.1) is 6.92 Å². The van der Waals surface area contributed by atoms with Gasteiger partial charge in [-0.1, -0.05) is 0 Å². The predicted molar refractivity (Wildman–Crippen MR) is 86.3 cm³/mol. The molecule has 3 heterocycles. The highest BCUT2D eigenvalue weighted by Crippen LogP contribution is 2.30. The Morgan fingerprint density at radius 2 is 2.08 bits per heavy atom. The lowest BCUT2D eigenvalue weighted by Gasteiger charge is -2.46. The molecule has 2 aliphatic rings. The zero-order valence-corrected chi connectivity index (χ0v) is 14.1. The second-order valence-corrected chi connectivity index (χ2v) is 6.20. The molecule has 0 radical (unpaired) electrons. The normalized spacial score (nSPS) is 20.4. The molecule has 0 atom stereocenters. The fourth-order valence-corrected chi connectivity index (χ4v) is 3.13. The first kappa shape index (κ1) is 18.3. The van der Waals surface area contributed by atoms with Crippen LogP contribution in [0.2, 0.25) is 0 Å². The van der Waals surface area contributed by atoms with E-state index in [1.165, 1.54) is 0 Å². The molecule has 1 aromatic rings. The number of rotatable bonds is 2. The summed E-state index contributed by atoms with van der Waals surface area (Å²) < 4.78 is 5.86. The maximum absolute atomic E-state index is 11.5. The average Bonchev–Trinajstić information content (AvgIpc) is 2.55. The Balaban J connectivity index is 0.000000647. The fraction of sp³-hybridized carbons (Fsp3) is 0.625. The molecule has 3 rings (SSSR count). The summed E-state index contributed by atoms with van der Waals surface area (Å²) in [6.07, 6.45) is 3.75. The van der Waals surface area contributed by atoms with E-state index in [-0.39, 0.29) is 24.6 Å². The van der Waals surface area contributed by atoms with Crippen molar-refractivity contribution in [3.8, 4) is 0 Å². The van der Waals surface area contributed by atoms with E-state index in [1.807, 2.05) is 26.2 Å². The lowest BCUT2D eigenvalue weighted by atomic mass is 9.89. The van der Waals surface area contributed by atoms with Gasteiger partial charge in [0, 0.05) is 39.4 Å². The van der Waals surface area contributed by atoms with Crippen LogP contribution in [0.4, 0.5) is 0 Å². The van der Waals surface area contributed by atoms with Crippen LogP contribution in [0.25, 0.3) is 0 Å². The molecular formula is C16H24N4O4. The monoisotopic (exact) mass is 336 g/mol. The van der Waals surface area contributed by atoms with E-state index in [1.54, 1.807) is 4.90 Å². The van der Waals surface area contributed by atoms with Gasteiger partial charge in [-0.25, -0.2) is 9.97 Å².